The fourth-order valence-electron chi connectivity index (χ4n) is 3.44. The zero-order chi connectivity index (χ0) is 14.2. The van der Waals surface area contributed by atoms with Gasteiger partial charge in [-0.15, -0.1) is 11.3 Å². The fraction of sp³-hybridized carbons (Fsp3) is 0.625. The first-order valence-electron chi connectivity index (χ1n) is 7.98. The molecule has 1 aliphatic carbocycles. The molecule has 0 radical (unpaired) electrons. The second-order valence-electron chi connectivity index (χ2n) is 5.93. The standard InChI is InChI=1S/C16H21N3S2/c1-17-15-13-10-6-2-3-7-11(10)21-16(13)19-14(18-15)12-8-4-5-9-20-12/h12H,2-9H2,1H3,(H,17,18,19). The molecule has 4 rings (SSSR count). The van der Waals surface area contributed by atoms with Crippen molar-refractivity contribution in [3.63, 3.8) is 0 Å². The van der Waals surface area contributed by atoms with Crippen molar-refractivity contribution >= 4 is 39.1 Å². The molecule has 112 valence electrons. The molecule has 1 N–H and O–H groups in total. The number of anilines is 1. The van der Waals surface area contributed by atoms with Crippen LogP contribution in [0.3, 0.4) is 0 Å². The van der Waals surface area contributed by atoms with E-state index in [2.05, 4.69) is 5.32 Å². The van der Waals surface area contributed by atoms with E-state index < -0.39 is 0 Å². The summed E-state index contributed by atoms with van der Waals surface area (Å²) in [5.74, 6) is 3.36. The van der Waals surface area contributed by atoms with Gasteiger partial charge in [-0.3, -0.25) is 0 Å². The zero-order valence-corrected chi connectivity index (χ0v) is 14.1. The Morgan fingerprint density at radius 1 is 1.10 bits per heavy atom. The molecule has 0 spiro atoms. The highest BCUT2D eigenvalue weighted by atomic mass is 32.2. The maximum atomic E-state index is 4.96. The van der Waals surface area contributed by atoms with Gasteiger partial charge in [-0.05, 0) is 49.8 Å². The Morgan fingerprint density at radius 2 is 2.00 bits per heavy atom. The quantitative estimate of drug-likeness (QED) is 0.880. The maximum Gasteiger partial charge on any atom is 0.145 e. The molecule has 2 aromatic rings. The lowest BCUT2D eigenvalue weighted by atomic mass is 9.97. The minimum absolute atomic E-state index is 0.495. The van der Waals surface area contributed by atoms with Crippen molar-refractivity contribution in [3.8, 4) is 0 Å². The summed E-state index contributed by atoms with van der Waals surface area (Å²) in [6.07, 6.45) is 8.95. The second kappa shape index (κ2) is 5.76. The van der Waals surface area contributed by atoms with Crippen LogP contribution in [0.2, 0.25) is 0 Å². The van der Waals surface area contributed by atoms with Crippen LogP contribution in [0.15, 0.2) is 0 Å². The van der Waals surface area contributed by atoms with E-state index in [1.165, 1.54) is 66.5 Å². The van der Waals surface area contributed by atoms with Crippen LogP contribution in [-0.2, 0) is 12.8 Å². The first-order valence-corrected chi connectivity index (χ1v) is 9.85. The number of thiophene rings is 1. The van der Waals surface area contributed by atoms with E-state index in [4.69, 9.17) is 9.97 Å². The summed E-state index contributed by atoms with van der Waals surface area (Å²) in [4.78, 5) is 12.6. The van der Waals surface area contributed by atoms with Crippen LogP contribution in [0.1, 0.15) is 53.6 Å². The summed E-state index contributed by atoms with van der Waals surface area (Å²) in [6, 6.07) is 0. The van der Waals surface area contributed by atoms with E-state index >= 15 is 0 Å². The summed E-state index contributed by atoms with van der Waals surface area (Å²) in [6.45, 7) is 0. The molecule has 0 saturated carbocycles. The largest absolute Gasteiger partial charge is 0.372 e. The Bertz CT molecular complexity index is 659. The molecule has 1 fully saturated rings. The van der Waals surface area contributed by atoms with Crippen molar-refractivity contribution in [2.45, 2.75) is 50.2 Å². The van der Waals surface area contributed by atoms with Crippen LogP contribution in [0.25, 0.3) is 10.2 Å². The molecule has 1 aliphatic heterocycles. The minimum Gasteiger partial charge on any atom is -0.372 e. The third-order valence-electron chi connectivity index (χ3n) is 4.54. The van der Waals surface area contributed by atoms with E-state index in [1.54, 1.807) is 4.88 Å². The summed E-state index contributed by atoms with van der Waals surface area (Å²) in [5.41, 5.74) is 1.52. The van der Waals surface area contributed by atoms with Crippen LogP contribution >= 0.6 is 23.1 Å². The topological polar surface area (TPSA) is 37.8 Å². The molecule has 21 heavy (non-hydrogen) atoms. The SMILES string of the molecule is CNc1nc(C2CCCCS2)nc2sc3c(c12)CCCC3. The third-order valence-corrected chi connectivity index (χ3v) is 7.10. The number of aryl methyl sites for hydroxylation is 2. The average Bonchev–Trinajstić information content (AvgIpc) is 2.93. The number of hydrogen-bond acceptors (Lipinski definition) is 5. The third kappa shape index (κ3) is 2.44. The van der Waals surface area contributed by atoms with Crippen LogP contribution in [0, 0.1) is 0 Å². The number of rotatable bonds is 2. The Morgan fingerprint density at radius 3 is 2.81 bits per heavy atom. The number of fused-ring (bicyclic) bond motifs is 3. The maximum absolute atomic E-state index is 4.96. The number of aromatic nitrogens is 2. The molecule has 2 aliphatic rings. The first kappa shape index (κ1) is 13.8. The highest BCUT2D eigenvalue weighted by Crippen LogP contribution is 2.42. The smallest absolute Gasteiger partial charge is 0.145 e. The van der Waals surface area contributed by atoms with Gasteiger partial charge in [0.05, 0.1) is 10.6 Å². The zero-order valence-electron chi connectivity index (χ0n) is 12.4. The molecule has 2 aromatic heterocycles. The van der Waals surface area contributed by atoms with Crippen molar-refractivity contribution in [1.29, 1.82) is 0 Å². The van der Waals surface area contributed by atoms with E-state index in [9.17, 15) is 0 Å². The Labute approximate surface area is 134 Å². The molecule has 1 saturated heterocycles. The molecule has 1 atom stereocenters. The summed E-state index contributed by atoms with van der Waals surface area (Å²) in [7, 11) is 1.99. The molecule has 0 bridgehead atoms. The highest BCUT2D eigenvalue weighted by Gasteiger charge is 2.24. The van der Waals surface area contributed by atoms with Crippen molar-refractivity contribution in [2.24, 2.45) is 0 Å². The van der Waals surface area contributed by atoms with Crippen LogP contribution in [-0.4, -0.2) is 22.8 Å². The molecular weight excluding hydrogens is 298 g/mol. The minimum atomic E-state index is 0.495. The van der Waals surface area contributed by atoms with E-state index in [0.29, 0.717) is 5.25 Å². The van der Waals surface area contributed by atoms with Gasteiger partial charge in [0.1, 0.15) is 16.5 Å². The van der Waals surface area contributed by atoms with Crippen molar-refractivity contribution < 1.29 is 0 Å². The molecular formula is C16H21N3S2. The second-order valence-corrected chi connectivity index (χ2v) is 8.32. The molecule has 0 amide bonds. The van der Waals surface area contributed by atoms with Gasteiger partial charge in [-0.25, -0.2) is 9.97 Å². The van der Waals surface area contributed by atoms with E-state index in [1.807, 2.05) is 30.1 Å². The fourth-order valence-corrected chi connectivity index (χ4v) is 5.95. The van der Waals surface area contributed by atoms with Gasteiger partial charge in [-0.1, -0.05) is 6.42 Å². The number of hydrogen-bond donors (Lipinski definition) is 1. The van der Waals surface area contributed by atoms with Crippen molar-refractivity contribution in [3.05, 3.63) is 16.3 Å². The van der Waals surface area contributed by atoms with Gasteiger partial charge in [0.15, 0.2) is 0 Å². The first-order chi connectivity index (χ1) is 10.4. The predicted octanol–water partition coefficient (Wildman–Crippen LogP) is 4.57. The number of nitrogens with one attached hydrogen (secondary N) is 1. The van der Waals surface area contributed by atoms with E-state index in [0.717, 1.165) is 11.6 Å². The lowest BCUT2D eigenvalue weighted by Gasteiger charge is -2.20. The Kier molecular flexibility index (Phi) is 3.79. The molecule has 3 heterocycles. The van der Waals surface area contributed by atoms with Gasteiger partial charge in [0.25, 0.3) is 0 Å². The van der Waals surface area contributed by atoms with Crippen molar-refractivity contribution in [1.82, 2.24) is 9.97 Å². The van der Waals surface area contributed by atoms with Crippen LogP contribution in [0.4, 0.5) is 5.82 Å². The number of thioether (sulfide) groups is 1. The summed E-state index contributed by atoms with van der Waals surface area (Å²) < 4.78 is 0. The lowest BCUT2D eigenvalue weighted by Crippen LogP contribution is -2.08. The van der Waals surface area contributed by atoms with Gasteiger partial charge in [-0.2, -0.15) is 11.8 Å². The van der Waals surface area contributed by atoms with Crippen molar-refractivity contribution in [2.75, 3.05) is 18.1 Å². The highest BCUT2D eigenvalue weighted by molar-refractivity contribution is 7.99. The Hall–Kier alpha value is -0.810. The van der Waals surface area contributed by atoms with Gasteiger partial charge < -0.3 is 5.32 Å². The van der Waals surface area contributed by atoms with E-state index in [-0.39, 0.29) is 0 Å². The summed E-state index contributed by atoms with van der Waals surface area (Å²) >= 11 is 3.94. The monoisotopic (exact) mass is 319 g/mol. The molecule has 5 heteroatoms. The average molecular weight is 319 g/mol. The van der Waals surface area contributed by atoms with Crippen LogP contribution in [0.5, 0.6) is 0 Å². The molecule has 0 aromatic carbocycles. The molecule has 1 unspecified atom stereocenters. The van der Waals surface area contributed by atoms with Gasteiger partial charge >= 0.3 is 0 Å². The van der Waals surface area contributed by atoms with Crippen LogP contribution < -0.4 is 5.32 Å². The lowest BCUT2D eigenvalue weighted by molar-refractivity contribution is 0.665. The van der Waals surface area contributed by atoms with Gasteiger partial charge in [0, 0.05) is 11.9 Å². The Balaban J connectivity index is 1.83. The predicted molar refractivity (Wildman–Crippen MR) is 92.7 cm³/mol. The molecule has 3 nitrogen and oxygen atoms in total. The van der Waals surface area contributed by atoms with Gasteiger partial charge in [0.2, 0.25) is 0 Å². The summed E-state index contributed by atoms with van der Waals surface area (Å²) in [5, 5.41) is 5.13. The number of nitrogens with zero attached hydrogens (tertiary/aromatic N) is 2. The normalized spacial score (nSPS) is 22.2.